The molecule has 0 amide bonds. The highest BCUT2D eigenvalue weighted by Gasteiger charge is 2.11. The molecule has 0 heterocycles. The Morgan fingerprint density at radius 1 is 1.09 bits per heavy atom. The van der Waals surface area contributed by atoms with Gasteiger partial charge in [-0.2, -0.15) is 0 Å². The molecular formula is C18H21Cl2NO. The highest BCUT2D eigenvalue weighted by atomic mass is 35.5. The first-order chi connectivity index (χ1) is 10.6. The first-order valence-electron chi connectivity index (χ1n) is 7.51. The first-order valence-corrected chi connectivity index (χ1v) is 8.26. The second-order valence-corrected chi connectivity index (χ2v) is 6.06. The van der Waals surface area contributed by atoms with Gasteiger partial charge >= 0.3 is 0 Å². The summed E-state index contributed by atoms with van der Waals surface area (Å²) in [4.78, 5) is 0. The van der Waals surface area contributed by atoms with E-state index in [9.17, 15) is 0 Å². The fraction of sp³-hybridized carbons (Fsp3) is 0.333. The largest absolute Gasteiger partial charge is 0.490 e. The number of ether oxygens (including phenoxy) is 1. The molecule has 1 N–H and O–H groups in total. The molecule has 2 aromatic rings. The van der Waals surface area contributed by atoms with E-state index in [1.165, 1.54) is 5.56 Å². The van der Waals surface area contributed by atoms with Crippen molar-refractivity contribution in [3.8, 4) is 5.75 Å². The molecule has 0 saturated carbocycles. The zero-order valence-corrected chi connectivity index (χ0v) is 14.4. The van der Waals surface area contributed by atoms with Crippen LogP contribution in [0.1, 0.15) is 37.4 Å². The quantitative estimate of drug-likeness (QED) is 0.706. The first kappa shape index (κ1) is 17.1. The summed E-state index contributed by atoms with van der Waals surface area (Å²) < 4.78 is 5.58. The molecule has 1 unspecified atom stereocenters. The SMILES string of the molecule is CCCOc1c(Cl)cc(CNC(C)c2ccccc2)cc1Cl. The van der Waals surface area contributed by atoms with Crippen LogP contribution in [-0.2, 0) is 6.54 Å². The van der Waals surface area contributed by atoms with E-state index in [4.69, 9.17) is 27.9 Å². The van der Waals surface area contributed by atoms with Gasteiger partial charge in [-0.15, -0.1) is 0 Å². The molecule has 2 aromatic carbocycles. The van der Waals surface area contributed by atoms with Gasteiger partial charge in [0, 0.05) is 12.6 Å². The lowest BCUT2D eigenvalue weighted by Gasteiger charge is -2.16. The van der Waals surface area contributed by atoms with E-state index >= 15 is 0 Å². The van der Waals surface area contributed by atoms with Crippen LogP contribution >= 0.6 is 23.2 Å². The summed E-state index contributed by atoms with van der Waals surface area (Å²) in [5, 5.41) is 4.59. The molecular weight excluding hydrogens is 317 g/mol. The minimum atomic E-state index is 0.259. The second-order valence-electron chi connectivity index (χ2n) is 5.25. The van der Waals surface area contributed by atoms with Crippen LogP contribution in [0.3, 0.4) is 0 Å². The molecule has 0 aromatic heterocycles. The summed E-state index contributed by atoms with van der Waals surface area (Å²) in [5.41, 5.74) is 2.30. The topological polar surface area (TPSA) is 21.3 Å². The lowest BCUT2D eigenvalue weighted by atomic mass is 10.1. The Balaban J connectivity index is 2.01. The van der Waals surface area contributed by atoms with E-state index in [1.54, 1.807) is 0 Å². The van der Waals surface area contributed by atoms with Crippen LogP contribution in [0.2, 0.25) is 10.0 Å². The van der Waals surface area contributed by atoms with Crippen molar-refractivity contribution >= 4 is 23.2 Å². The Morgan fingerprint density at radius 2 is 1.73 bits per heavy atom. The highest BCUT2D eigenvalue weighted by molar-refractivity contribution is 6.37. The zero-order chi connectivity index (χ0) is 15.9. The Morgan fingerprint density at radius 3 is 2.32 bits per heavy atom. The third kappa shape index (κ3) is 4.64. The Labute approximate surface area is 142 Å². The fourth-order valence-corrected chi connectivity index (χ4v) is 2.83. The molecule has 2 nitrogen and oxygen atoms in total. The summed E-state index contributed by atoms with van der Waals surface area (Å²) in [6.45, 7) is 5.49. The van der Waals surface area contributed by atoms with Crippen LogP contribution in [0.25, 0.3) is 0 Å². The number of rotatable bonds is 7. The predicted molar refractivity (Wildman–Crippen MR) is 93.9 cm³/mol. The van der Waals surface area contributed by atoms with Crippen molar-refractivity contribution in [2.24, 2.45) is 0 Å². The summed E-state index contributed by atoms with van der Waals surface area (Å²) >= 11 is 12.5. The maximum absolute atomic E-state index is 6.27. The van der Waals surface area contributed by atoms with Gasteiger partial charge in [0.05, 0.1) is 16.7 Å². The van der Waals surface area contributed by atoms with Gasteiger partial charge in [0.25, 0.3) is 0 Å². The zero-order valence-electron chi connectivity index (χ0n) is 12.9. The van der Waals surface area contributed by atoms with E-state index < -0.39 is 0 Å². The molecule has 1 atom stereocenters. The van der Waals surface area contributed by atoms with Gasteiger partial charge in [-0.25, -0.2) is 0 Å². The van der Waals surface area contributed by atoms with E-state index in [0.29, 0.717) is 28.9 Å². The van der Waals surface area contributed by atoms with Crippen LogP contribution < -0.4 is 10.1 Å². The molecule has 2 rings (SSSR count). The number of halogens is 2. The summed E-state index contributed by atoms with van der Waals surface area (Å²) in [5.74, 6) is 0.574. The van der Waals surface area contributed by atoms with Gasteiger partial charge in [0.1, 0.15) is 0 Å². The van der Waals surface area contributed by atoms with Crippen LogP contribution in [-0.4, -0.2) is 6.61 Å². The Bertz CT molecular complexity index is 578. The molecule has 4 heteroatoms. The second kappa shape index (κ2) is 8.42. The van der Waals surface area contributed by atoms with Gasteiger partial charge in [0.15, 0.2) is 5.75 Å². The van der Waals surface area contributed by atoms with Crippen LogP contribution in [0.15, 0.2) is 42.5 Å². The number of benzene rings is 2. The van der Waals surface area contributed by atoms with E-state index in [0.717, 1.165) is 12.0 Å². The van der Waals surface area contributed by atoms with Gasteiger partial charge in [-0.3, -0.25) is 0 Å². The third-order valence-electron chi connectivity index (χ3n) is 3.42. The van der Waals surface area contributed by atoms with Crippen LogP contribution in [0.5, 0.6) is 5.75 Å². The lowest BCUT2D eigenvalue weighted by Crippen LogP contribution is -2.18. The minimum absolute atomic E-state index is 0.259. The molecule has 0 aliphatic heterocycles. The Kier molecular flexibility index (Phi) is 6.56. The molecule has 0 radical (unpaired) electrons. The number of hydrogen-bond donors (Lipinski definition) is 1. The monoisotopic (exact) mass is 337 g/mol. The molecule has 22 heavy (non-hydrogen) atoms. The number of hydrogen-bond acceptors (Lipinski definition) is 2. The molecule has 0 spiro atoms. The van der Waals surface area contributed by atoms with Gasteiger partial charge in [0.2, 0.25) is 0 Å². The van der Waals surface area contributed by atoms with Crippen molar-refractivity contribution in [3.05, 3.63) is 63.6 Å². The summed E-state index contributed by atoms with van der Waals surface area (Å²) in [7, 11) is 0. The van der Waals surface area contributed by atoms with Crippen molar-refractivity contribution in [1.29, 1.82) is 0 Å². The van der Waals surface area contributed by atoms with Gasteiger partial charge < -0.3 is 10.1 Å². The molecule has 0 saturated heterocycles. The van der Waals surface area contributed by atoms with Crippen molar-refractivity contribution in [2.45, 2.75) is 32.9 Å². The minimum Gasteiger partial charge on any atom is -0.490 e. The Hall–Kier alpha value is -1.22. The van der Waals surface area contributed by atoms with E-state index in [1.807, 2.05) is 37.3 Å². The highest BCUT2D eigenvalue weighted by Crippen LogP contribution is 2.34. The fourth-order valence-electron chi connectivity index (χ4n) is 2.19. The maximum Gasteiger partial charge on any atom is 0.156 e. The van der Waals surface area contributed by atoms with E-state index in [2.05, 4.69) is 24.4 Å². The molecule has 0 aliphatic rings. The van der Waals surface area contributed by atoms with Crippen molar-refractivity contribution < 1.29 is 4.74 Å². The standard InChI is InChI=1S/C18H21Cl2NO/c1-3-9-22-18-16(19)10-14(11-17(18)20)12-21-13(2)15-7-5-4-6-8-15/h4-8,10-11,13,21H,3,9,12H2,1-2H3. The summed E-state index contributed by atoms with van der Waals surface area (Å²) in [6.07, 6.45) is 0.921. The third-order valence-corrected chi connectivity index (χ3v) is 3.98. The lowest BCUT2D eigenvalue weighted by molar-refractivity contribution is 0.317. The average molecular weight is 338 g/mol. The van der Waals surface area contributed by atoms with Crippen LogP contribution in [0, 0.1) is 0 Å². The maximum atomic E-state index is 6.27. The average Bonchev–Trinajstić information content (AvgIpc) is 2.52. The van der Waals surface area contributed by atoms with Crippen LogP contribution in [0.4, 0.5) is 0 Å². The smallest absolute Gasteiger partial charge is 0.156 e. The summed E-state index contributed by atoms with van der Waals surface area (Å²) in [6, 6.07) is 14.4. The molecule has 0 bridgehead atoms. The van der Waals surface area contributed by atoms with Crippen molar-refractivity contribution in [2.75, 3.05) is 6.61 Å². The normalized spacial score (nSPS) is 12.2. The van der Waals surface area contributed by atoms with Crippen molar-refractivity contribution in [1.82, 2.24) is 5.32 Å². The number of nitrogens with one attached hydrogen (secondary N) is 1. The van der Waals surface area contributed by atoms with Crippen molar-refractivity contribution in [3.63, 3.8) is 0 Å². The predicted octanol–water partition coefficient (Wildman–Crippen LogP) is 5.63. The molecule has 0 aliphatic carbocycles. The molecule has 0 fully saturated rings. The van der Waals surface area contributed by atoms with Gasteiger partial charge in [-0.1, -0.05) is 60.5 Å². The molecule has 118 valence electrons. The van der Waals surface area contributed by atoms with Gasteiger partial charge in [-0.05, 0) is 36.6 Å². The van der Waals surface area contributed by atoms with E-state index in [-0.39, 0.29) is 6.04 Å².